The van der Waals surface area contributed by atoms with Crippen molar-refractivity contribution in [2.45, 2.75) is 25.8 Å². The summed E-state index contributed by atoms with van der Waals surface area (Å²) < 4.78 is 1.07. The van der Waals surface area contributed by atoms with Crippen LogP contribution in [0.5, 0.6) is 0 Å². The highest BCUT2D eigenvalue weighted by atomic mass is 127. The molecule has 0 bridgehead atoms. The van der Waals surface area contributed by atoms with Crippen LogP contribution in [0.15, 0.2) is 18.2 Å². The average Bonchev–Trinajstić information content (AvgIpc) is 2.41. The molecule has 1 aromatic rings. The molecule has 1 aromatic carbocycles. The summed E-state index contributed by atoms with van der Waals surface area (Å²) in [6.45, 7) is 4.02. The predicted molar refractivity (Wildman–Crippen MR) is 81.9 cm³/mol. The smallest absolute Gasteiger partial charge is 0.254 e. The minimum Gasteiger partial charge on any atom is -0.337 e. The summed E-state index contributed by atoms with van der Waals surface area (Å²) in [7, 11) is 1.92. The van der Waals surface area contributed by atoms with Crippen LogP contribution in [0.25, 0.3) is 0 Å². The lowest BCUT2D eigenvalue weighted by Crippen LogP contribution is -2.46. The van der Waals surface area contributed by atoms with Gasteiger partial charge in [0.1, 0.15) is 0 Å². The molecule has 0 aliphatic carbocycles. The third kappa shape index (κ3) is 2.85. The molecule has 0 radical (unpaired) electrons. The molecule has 1 unspecified atom stereocenters. The number of carbonyl (C=O) groups excluding carboxylic acids is 1. The summed E-state index contributed by atoms with van der Waals surface area (Å²) in [5.41, 5.74) is 1.99. The van der Waals surface area contributed by atoms with Gasteiger partial charge in [-0.25, -0.2) is 0 Å². The van der Waals surface area contributed by atoms with Gasteiger partial charge in [-0.1, -0.05) is 12.1 Å². The molecule has 4 heteroatoms. The van der Waals surface area contributed by atoms with Crippen molar-refractivity contribution in [3.8, 4) is 0 Å². The fourth-order valence-corrected chi connectivity index (χ4v) is 2.92. The van der Waals surface area contributed by atoms with Crippen molar-refractivity contribution in [3.63, 3.8) is 0 Å². The molecule has 0 spiro atoms. The first-order valence-electron chi connectivity index (χ1n) is 6.34. The predicted octanol–water partition coefficient (Wildman–Crippen LogP) is 2.42. The van der Waals surface area contributed by atoms with Crippen molar-refractivity contribution in [2.24, 2.45) is 0 Å². The molecule has 1 aliphatic rings. The highest BCUT2D eigenvalue weighted by molar-refractivity contribution is 14.1. The second-order valence-electron chi connectivity index (χ2n) is 4.85. The Kier molecular flexibility index (Phi) is 4.61. The van der Waals surface area contributed by atoms with Crippen LogP contribution in [-0.4, -0.2) is 37.0 Å². The van der Waals surface area contributed by atoms with Gasteiger partial charge in [-0.05, 0) is 60.5 Å². The number of nitrogens with one attached hydrogen (secondary N) is 1. The molecule has 0 saturated carbocycles. The number of hydrogen-bond donors (Lipinski definition) is 1. The zero-order valence-electron chi connectivity index (χ0n) is 10.9. The maximum Gasteiger partial charge on any atom is 0.254 e. The molecule has 18 heavy (non-hydrogen) atoms. The fourth-order valence-electron chi connectivity index (χ4n) is 2.33. The van der Waals surface area contributed by atoms with Crippen molar-refractivity contribution in [1.82, 2.24) is 10.2 Å². The van der Waals surface area contributed by atoms with Gasteiger partial charge in [0.2, 0.25) is 0 Å². The normalized spacial score (nSPS) is 19.6. The Morgan fingerprint density at radius 3 is 2.94 bits per heavy atom. The van der Waals surface area contributed by atoms with Crippen molar-refractivity contribution in [1.29, 1.82) is 0 Å². The summed E-state index contributed by atoms with van der Waals surface area (Å²) in [5.74, 6) is 0.136. The van der Waals surface area contributed by atoms with Gasteiger partial charge in [0.25, 0.3) is 5.91 Å². The molecule has 98 valence electrons. The molecule has 1 atom stereocenters. The zero-order valence-corrected chi connectivity index (χ0v) is 13.0. The number of benzene rings is 1. The van der Waals surface area contributed by atoms with E-state index >= 15 is 0 Å². The van der Waals surface area contributed by atoms with E-state index in [1.54, 1.807) is 0 Å². The number of carbonyl (C=O) groups is 1. The quantitative estimate of drug-likeness (QED) is 0.824. The summed E-state index contributed by atoms with van der Waals surface area (Å²) in [6, 6.07) is 6.24. The minimum absolute atomic E-state index is 0.136. The van der Waals surface area contributed by atoms with Crippen LogP contribution >= 0.6 is 22.6 Å². The van der Waals surface area contributed by atoms with E-state index in [9.17, 15) is 4.79 Å². The Labute approximate surface area is 122 Å². The van der Waals surface area contributed by atoms with Gasteiger partial charge in [0, 0.05) is 23.2 Å². The molecule has 3 nitrogen and oxygen atoms in total. The SMILES string of the molecule is Cc1cccc(C(=O)N(C)C2CCCNC2)c1I. The van der Waals surface area contributed by atoms with Gasteiger partial charge in [-0.15, -0.1) is 0 Å². The van der Waals surface area contributed by atoms with Gasteiger partial charge in [-0.2, -0.15) is 0 Å². The van der Waals surface area contributed by atoms with Crippen molar-refractivity contribution in [3.05, 3.63) is 32.9 Å². The van der Waals surface area contributed by atoms with E-state index in [0.29, 0.717) is 6.04 Å². The maximum atomic E-state index is 12.5. The van der Waals surface area contributed by atoms with Crippen LogP contribution in [0.3, 0.4) is 0 Å². The van der Waals surface area contributed by atoms with Crippen LogP contribution in [0.4, 0.5) is 0 Å². The van der Waals surface area contributed by atoms with E-state index in [2.05, 4.69) is 27.9 Å². The lowest BCUT2D eigenvalue weighted by atomic mass is 10.0. The van der Waals surface area contributed by atoms with Gasteiger partial charge < -0.3 is 10.2 Å². The molecule has 1 aliphatic heterocycles. The molecule has 1 saturated heterocycles. The Hall–Kier alpha value is -0.620. The van der Waals surface area contributed by atoms with Gasteiger partial charge >= 0.3 is 0 Å². The van der Waals surface area contributed by atoms with E-state index in [1.807, 2.05) is 37.1 Å². The summed E-state index contributed by atoms with van der Waals surface area (Å²) >= 11 is 2.26. The summed E-state index contributed by atoms with van der Waals surface area (Å²) in [5, 5.41) is 3.35. The molecule has 2 rings (SSSR count). The Morgan fingerprint density at radius 2 is 2.28 bits per heavy atom. The maximum absolute atomic E-state index is 12.5. The van der Waals surface area contributed by atoms with Crippen LogP contribution in [0, 0.1) is 10.5 Å². The summed E-state index contributed by atoms with van der Waals surface area (Å²) in [4.78, 5) is 14.4. The number of hydrogen-bond acceptors (Lipinski definition) is 2. The topological polar surface area (TPSA) is 32.3 Å². The fraction of sp³-hybridized carbons (Fsp3) is 0.500. The molecule has 0 aromatic heterocycles. The molecular weight excluding hydrogens is 339 g/mol. The third-order valence-electron chi connectivity index (χ3n) is 3.56. The van der Waals surface area contributed by atoms with E-state index in [1.165, 1.54) is 0 Å². The number of amides is 1. The number of nitrogens with zero attached hydrogens (tertiary/aromatic N) is 1. The standard InChI is InChI=1S/C14H19IN2O/c1-10-5-3-7-12(13(10)15)14(18)17(2)11-6-4-8-16-9-11/h3,5,7,11,16H,4,6,8-9H2,1-2H3. The third-order valence-corrected chi connectivity index (χ3v) is 4.99. The second kappa shape index (κ2) is 6.02. The Balaban J connectivity index is 2.17. The number of aryl methyl sites for hydroxylation is 1. The first kappa shape index (κ1) is 13.8. The number of piperidine rings is 1. The molecule has 1 fully saturated rings. The second-order valence-corrected chi connectivity index (χ2v) is 5.93. The number of halogens is 1. The van der Waals surface area contributed by atoms with Crippen LogP contribution in [0.2, 0.25) is 0 Å². The van der Waals surface area contributed by atoms with Crippen molar-refractivity contribution < 1.29 is 4.79 Å². The monoisotopic (exact) mass is 358 g/mol. The number of rotatable bonds is 2. The van der Waals surface area contributed by atoms with E-state index in [4.69, 9.17) is 0 Å². The number of likely N-dealkylation sites (N-methyl/N-ethyl adjacent to an activating group) is 1. The molecule has 1 heterocycles. The molecule has 1 N–H and O–H groups in total. The van der Waals surface area contributed by atoms with Crippen molar-refractivity contribution in [2.75, 3.05) is 20.1 Å². The van der Waals surface area contributed by atoms with Crippen LogP contribution in [0.1, 0.15) is 28.8 Å². The van der Waals surface area contributed by atoms with Gasteiger partial charge in [-0.3, -0.25) is 4.79 Å². The highest BCUT2D eigenvalue weighted by Crippen LogP contribution is 2.20. The first-order valence-corrected chi connectivity index (χ1v) is 7.42. The first-order chi connectivity index (χ1) is 8.61. The van der Waals surface area contributed by atoms with E-state index < -0.39 is 0 Å². The molecular formula is C14H19IN2O. The average molecular weight is 358 g/mol. The summed E-state index contributed by atoms with van der Waals surface area (Å²) in [6.07, 6.45) is 2.24. The van der Waals surface area contributed by atoms with E-state index in [0.717, 1.165) is 40.6 Å². The van der Waals surface area contributed by atoms with E-state index in [-0.39, 0.29) is 5.91 Å². The Morgan fingerprint density at radius 1 is 1.50 bits per heavy atom. The van der Waals surface area contributed by atoms with Crippen molar-refractivity contribution >= 4 is 28.5 Å². The lowest BCUT2D eigenvalue weighted by Gasteiger charge is -2.32. The van der Waals surface area contributed by atoms with Gasteiger partial charge in [0.05, 0.1) is 5.56 Å². The Bertz CT molecular complexity index is 441. The van der Waals surface area contributed by atoms with Crippen LogP contribution in [-0.2, 0) is 0 Å². The lowest BCUT2D eigenvalue weighted by molar-refractivity contribution is 0.0707. The minimum atomic E-state index is 0.136. The van der Waals surface area contributed by atoms with Gasteiger partial charge in [0.15, 0.2) is 0 Å². The van der Waals surface area contributed by atoms with Crippen LogP contribution < -0.4 is 5.32 Å². The zero-order chi connectivity index (χ0) is 13.1. The molecule has 1 amide bonds. The highest BCUT2D eigenvalue weighted by Gasteiger charge is 2.24. The largest absolute Gasteiger partial charge is 0.337 e.